The van der Waals surface area contributed by atoms with Crippen LogP contribution in [-0.2, 0) is 28.3 Å². The molecular formula is C36H40ClN3O5S. The van der Waals surface area contributed by atoms with Gasteiger partial charge in [0.1, 0.15) is 5.75 Å². The molecule has 1 spiro atoms. The highest BCUT2D eigenvalue weighted by Crippen LogP contribution is 2.46. The molecule has 10 heteroatoms. The summed E-state index contributed by atoms with van der Waals surface area (Å²) in [6.45, 7) is 1.87. The zero-order valence-electron chi connectivity index (χ0n) is 25.8. The molecular weight excluding hydrogens is 622 g/mol. The van der Waals surface area contributed by atoms with E-state index < -0.39 is 27.3 Å². The van der Waals surface area contributed by atoms with Gasteiger partial charge in [0.2, 0.25) is 10.0 Å². The van der Waals surface area contributed by atoms with Gasteiger partial charge in [0, 0.05) is 47.4 Å². The van der Waals surface area contributed by atoms with Crippen molar-refractivity contribution in [3.05, 3.63) is 100 Å². The molecule has 1 saturated carbocycles. The van der Waals surface area contributed by atoms with Gasteiger partial charge >= 0.3 is 0 Å². The minimum atomic E-state index is -4.06. The van der Waals surface area contributed by atoms with Gasteiger partial charge in [0.15, 0.2) is 0 Å². The number of halogens is 1. The van der Waals surface area contributed by atoms with E-state index in [0.717, 1.165) is 42.8 Å². The number of rotatable bonds is 2. The van der Waals surface area contributed by atoms with Gasteiger partial charge in [-0.3, -0.25) is 9.78 Å². The molecule has 7 rings (SSSR count). The molecule has 2 aromatic carbocycles. The summed E-state index contributed by atoms with van der Waals surface area (Å²) >= 11 is 6.41. The fourth-order valence-electron chi connectivity index (χ4n) is 7.86. The lowest BCUT2D eigenvalue weighted by Crippen LogP contribution is -2.49. The minimum Gasteiger partial charge on any atom is -0.490 e. The van der Waals surface area contributed by atoms with Crippen LogP contribution in [0.15, 0.2) is 72.9 Å². The number of benzene rings is 2. The SMILES string of the molecule is O=C1NS(=O)(=O)[C@@H](Cc2ccccn2)CC/C=C\[C@H](O)[C@@H]2CC[C@H]2CN2C[C@@]3(CCCc4cc(Cl)ccc43)COc3ccc1cc32. The number of aliphatic hydroxyl groups is 1. The van der Waals surface area contributed by atoms with Crippen molar-refractivity contribution in [1.29, 1.82) is 0 Å². The molecule has 4 aliphatic rings. The van der Waals surface area contributed by atoms with Crippen molar-refractivity contribution in [3.8, 4) is 5.75 Å². The number of nitrogens with one attached hydrogen (secondary N) is 1. The van der Waals surface area contributed by atoms with Crippen molar-refractivity contribution in [3.63, 3.8) is 0 Å². The second-order valence-electron chi connectivity index (χ2n) is 13.4. The molecule has 5 atom stereocenters. The first-order chi connectivity index (χ1) is 22.2. The Kier molecular flexibility index (Phi) is 8.59. The second kappa shape index (κ2) is 12.7. The van der Waals surface area contributed by atoms with Gasteiger partial charge in [0.25, 0.3) is 5.91 Å². The summed E-state index contributed by atoms with van der Waals surface area (Å²) in [5, 5.41) is 11.1. The third-order valence-electron chi connectivity index (χ3n) is 10.5. The van der Waals surface area contributed by atoms with E-state index in [4.69, 9.17) is 16.3 Å². The van der Waals surface area contributed by atoms with E-state index in [1.54, 1.807) is 36.5 Å². The number of aliphatic hydroxyl groups excluding tert-OH is 1. The molecule has 2 bridgehead atoms. The maximum absolute atomic E-state index is 13.7. The van der Waals surface area contributed by atoms with E-state index in [1.807, 2.05) is 24.3 Å². The highest BCUT2D eigenvalue weighted by atomic mass is 35.5. The predicted octanol–water partition coefficient (Wildman–Crippen LogP) is 5.62. The zero-order chi connectivity index (χ0) is 31.9. The van der Waals surface area contributed by atoms with Crippen LogP contribution >= 0.6 is 11.6 Å². The first kappa shape index (κ1) is 31.2. The number of pyridine rings is 1. The Bertz CT molecular complexity index is 1750. The number of ether oxygens (including phenoxy) is 1. The monoisotopic (exact) mass is 661 g/mol. The number of carbonyl (C=O) groups is 1. The average molecular weight is 662 g/mol. The standard InChI is InChI=1S/C36H40ClN3O5S/c37-27-12-14-31-24(18-27)6-5-16-36(31)22-40-21-26-10-13-30(26)33(41)9-2-1-8-29(20-28-7-3-4-17-38-28)46(43,44)39-35(42)25-11-15-34(45-23-36)32(40)19-25/h2-4,7,9,11-12,14-15,17-19,26,29-30,33,41H,1,5-6,8,10,13,16,20-23H2,(H,39,42)/b9-2-/t26-,29+,30+,33-,36-/m0/s1. The van der Waals surface area contributed by atoms with Crippen LogP contribution < -0.4 is 14.4 Å². The molecule has 2 aliphatic carbocycles. The first-order valence-corrected chi connectivity index (χ1v) is 18.2. The Morgan fingerprint density at radius 1 is 1.11 bits per heavy atom. The molecule has 1 aromatic heterocycles. The van der Waals surface area contributed by atoms with Gasteiger partial charge in [-0.2, -0.15) is 0 Å². The molecule has 2 N–H and O–H groups in total. The summed E-state index contributed by atoms with van der Waals surface area (Å²) in [7, 11) is -4.06. The molecule has 2 aliphatic heterocycles. The molecule has 1 fully saturated rings. The van der Waals surface area contributed by atoms with Gasteiger partial charge in [-0.05, 0) is 110 Å². The number of amides is 1. The summed E-state index contributed by atoms with van der Waals surface area (Å²) in [5.41, 5.74) is 3.89. The van der Waals surface area contributed by atoms with Crippen molar-refractivity contribution in [2.45, 2.75) is 68.1 Å². The van der Waals surface area contributed by atoms with E-state index in [1.165, 1.54) is 11.1 Å². The van der Waals surface area contributed by atoms with Crippen LogP contribution in [0.25, 0.3) is 0 Å². The van der Waals surface area contributed by atoms with E-state index >= 15 is 0 Å². The third kappa shape index (κ3) is 6.17. The maximum atomic E-state index is 13.7. The molecule has 3 aromatic rings. The highest BCUT2D eigenvalue weighted by molar-refractivity contribution is 7.90. The smallest absolute Gasteiger partial charge is 0.264 e. The number of allylic oxidation sites excluding steroid dienone is 1. The highest BCUT2D eigenvalue weighted by Gasteiger charge is 2.44. The van der Waals surface area contributed by atoms with Crippen LogP contribution in [0.2, 0.25) is 5.02 Å². The zero-order valence-corrected chi connectivity index (χ0v) is 27.3. The summed E-state index contributed by atoms with van der Waals surface area (Å²) < 4.78 is 36.3. The average Bonchev–Trinajstić information content (AvgIpc) is 3.17. The fourth-order valence-corrected chi connectivity index (χ4v) is 9.43. The first-order valence-electron chi connectivity index (χ1n) is 16.3. The summed E-state index contributed by atoms with van der Waals surface area (Å²) in [5.74, 6) is 0.371. The number of hydrogen-bond donors (Lipinski definition) is 2. The summed E-state index contributed by atoms with van der Waals surface area (Å²) in [4.78, 5) is 20.3. The van der Waals surface area contributed by atoms with Crippen LogP contribution in [0.5, 0.6) is 5.75 Å². The van der Waals surface area contributed by atoms with E-state index in [-0.39, 0.29) is 35.7 Å². The lowest BCUT2D eigenvalue weighted by molar-refractivity contribution is 0.0456. The van der Waals surface area contributed by atoms with E-state index in [0.29, 0.717) is 37.6 Å². The lowest BCUT2D eigenvalue weighted by Gasteiger charge is -2.45. The van der Waals surface area contributed by atoms with Crippen LogP contribution in [0.4, 0.5) is 5.69 Å². The Labute approximate surface area is 275 Å². The van der Waals surface area contributed by atoms with Crippen LogP contribution in [-0.4, -0.2) is 55.5 Å². The summed E-state index contributed by atoms with van der Waals surface area (Å²) in [6, 6.07) is 16.8. The van der Waals surface area contributed by atoms with Crippen molar-refractivity contribution < 1.29 is 23.1 Å². The van der Waals surface area contributed by atoms with Crippen molar-refractivity contribution in [1.82, 2.24) is 9.71 Å². The molecule has 0 unspecified atom stereocenters. The Hall–Kier alpha value is -3.40. The molecule has 8 nitrogen and oxygen atoms in total. The number of carbonyl (C=O) groups excluding carboxylic acids is 1. The van der Waals surface area contributed by atoms with Crippen LogP contribution in [0, 0.1) is 11.8 Å². The summed E-state index contributed by atoms with van der Waals surface area (Å²) in [6.07, 6.45) is 10.5. The van der Waals surface area contributed by atoms with Crippen LogP contribution in [0.1, 0.15) is 65.7 Å². The van der Waals surface area contributed by atoms with Crippen LogP contribution in [0.3, 0.4) is 0 Å². The number of anilines is 1. The quantitative estimate of drug-likeness (QED) is 0.344. The molecule has 3 heterocycles. The van der Waals surface area contributed by atoms with Crippen molar-refractivity contribution in [2.24, 2.45) is 11.8 Å². The second-order valence-corrected chi connectivity index (χ2v) is 15.8. The largest absolute Gasteiger partial charge is 0.490 e. The van der Waals surface area contributed by atoms with E-state index in [9.17, 15) is 18.3 Å². The number of sulfonamides is 1. The molecule has 242 valence electrons. The molecule has 1 amide bonds. The minimum absolute atomic E-state index is 0.102. The normalized spacial score (nSPS) is 29.7. The maximum Gasteiger partial charge on any atom is 0.264 e. The van der Waals surface area contributed by atoms with Gasteiger partial charge < -0.3 is 14.7 Å². The topological polar surface area (TPSA) is 109 Å². The third-order valence-corrected chi connectivity index (χ3v) is 12.5. The van der Waals surface area contributed by atoms with Gasteiger partial charge in [-0.1, -0.05) is 35.9 Å². The number of aryl methyl sites for hydroxylation is 1. The van der Waals surface area contributed by atoms with Gasteiger partial charge in [-0.25, -0.2) is 13.1 Å². The lowest BCUT2D eigenvalue weighted by atomic mass is 9.68. The number of aromatic nitrogens is 1. The molecule has 0 radical (unpaired) electrons. The Balaban J connectivity index is 1.26. The van der Waals surface area contributed by atoms with Crippen molar-refractivity contribution >= 4 is 33.2 Å². The van der Waals surface area contributed by atoms with Gasteiger partial charge in [0.05, 0.1) is 23.6 Å². The molecule has 0 saturated heterocycles. The molecule has 46 heavy (non-hydrogen) atoms. The fraction of sp³-hybridized carbons (Fsp3) is 0.444. The Morgan fingerprint density at radius 3 is 2.80 bits per heavy atom. The number of hydrogen-bond acceptors (Lipinski definition) is 7. The number of nitrogens with zero attached hydrogens (tertiary/aromatic N) is 2. The van der Waals surface area contributed by atoms with Crippen molar-refractivity contribution in [2.75, 3.05) is 24.6 Å². The Morgan fingerprint density at radius 2 is 2.00 bits per heavy atom. The number of fused-ring (bicyclic) bond motifs is 4. The predicted molar refractivity (Wildman–Crippen MR) is 179 cm³/mol. The van der Waals surface area contributed by atoms with Gasteiger partial charge in [-0.15, -0.1) is 0 Å². The van der Waals surface area contributed by atoms with E-state index in [2.05, 4.69) is 26.7 Å².